The van der Waals surface area contributed by atoms with Gasteiger partial charge in [0, 0.05) is 30.8 Å². The fourth-order valence-electron chi connectivity index (χ4n) is 3.06. The van der Waals surface area contributed by atoms with Crippen molar-refractivity contribution in [1.29, 1.82) is 0 Å². The lowest BCUT2D eigenvalue weighted by atomic mass is 9.93. The lowest BCUT2D eigenvalue weighted by molar-refractivity contribution is 0.0684. The van der Waals surface area contributed by atoms with Gasteiger partial charge in [0.1, 0.15) is 10.0 Å². The van der Waals surface area contributed by atoms with Crippen molar-refractivity contribution >= 4 is 29.0 Å². The van der Waals surface area contributed by atoms with Gasteiger partial charge in [-0.2, -0.15) is 4.98 Å². The summed E-state index contributed by atoms with van der Waals surface area (Å²) in [6.07, 6.45) is 7.15. The van der Waals surface area contributed by atoms with E-state index in [1.165, 1.54) is 24.2 Å². The fraction of sp³-hybridized carbons (Fsp3) is 0.625. The average molecular weight is 364 g/mol. The van der Waals surface area contributed by atoms with Crippen molar-refractivity contribution in [2.24, 2.45) is 5.92 Å². The number of thiazole rings is 1. The summed E-state index contributed by atoms with van der Waals surface area (Å²) in [5.41, 5.74) is 0.579. The second-order valence-electron chi connectivity index (χ2n) is 6.47. The van der Waals surface area contributed by atoms with E-state index in [0.717, 1.165) is 48.4 Å². The smallest absolute Gasteiger partial charge is 0.273 e. The van der Waals surface area contributed by atoms with E-state index in [1.54, 1.807) is 11.8 Å². The number of amides is 1. The Bertz CT molecular complexity index is 717. The molecule has 8 heteroatoms. The maximum absolute atomic E-state index is 12.5. The maximum atomic E-state index is 12.5. The minimum atomic E-state index is 0.0561. The Hall–Kier alpha value is -1.41. The SMILES string of the molecule is CSc1nc(C(=O)N2CCC(Cc3noc(C4CC4)n3)CC2)cs1. The standard InChI is InChI=1S/C16H20N4O2S2/c1-23-16-17-12(9-24-16)15(21)20-6-4-10(5-7-20)8-13-18-14(22-19-13)11-2-3-11/h9-11H,2-8H2,1H3. The van der Waals surface area contributed by atoms with Gasteiger partial charge in [-0.15, -0.1) is 11.3 Å². The first-order valence-electron chi connectivity index (χ1n) is 8.34. The third-order valence-corrected chi connectivity index (χ3v) is 6.52. The number of likely N-dealkylation sites (tertiary alicyclic amines) is 1. The zero-order valence-electron chi connectivity index (χ0n) is 13.6. The summed E-state index contributed by atoms with van der Waals surface area (Å²) in [4.78, 5) is 23.3. The Morgan fingerprint density at radius 1 is 1.33 bits per heavy atom. The molecular formula is C16H20N4O2S2. The van der Waals surface area contributed by atoms with Crippen molar-refractivity contribution in [1.82, 2.24) is 20.0 Å². The molecule has 0 N–H and O–H groups in total. The Morgan fingerprint density at radius 2 is 2.12 bits per heavy atom. The van der Waals surface area contributed by atoms with E-state index in [4.69, 9.17) is 4.52 Å². The highest BCUT2D eigenvalue weighted by Gasteiger charge is 2.30. The molecule has 6 nitrogen and oxygen atoms in total. The second-order valence-corrected chi connectivity index (χ2v) is 8.38. The predicted octanol–water partition coefficient (Wildman–Crippen LogP) is 3.22. The van der Waals surface area contributed by atoms with Crippen LogP contribution in [0.3, 0.4) is 0 Å². The molecule has 2 aromatic heterocycles. The van der Waals surface area contributed by atoms with Gasteiger partial charge in [-0.1, -0.05) is 16.9 Å². The molecule has 2 aliphatic rings. The molecule has 0 atom stereocenters. The number of carbonyl (C=O) groups excluding carboxylic acids is 1. The number of rotatable bonds is 5. The van der Waals surface area contributed by atoms with Gasteiger partial charge in [-0.3, -0.25) is 4.79 Å². The molecule has 0 spiro atoms. The number of thioether (sulfide) groups is 1. The summed E-state index contributed by atoms with van der Waals surface area (Å²) in [5.74, 6) is 2.73. The summed E-state index contributed by atoms with van der Waals surface area (Å²) >= 11 is 3.11. The highest BCUT2D eigenvalue weighted by Crippen LogP contribution is 2.39. The van der Waals surface area contributed by atoms with Crippen molar-refractivity contribution in [2.45, 2.75) is 42.4 Å². The molecule has 0 unspecified atom stereocenters. The molecule has 2 fully saturated rings. The first-order valence-corrected chi connectivity index (χ1v) is 10.4. The zero-order chi connectivity index (χ0) is 16.5. The van der Waals surface area contributed by atoms with Crippen LogP contribution in [0.25, 0.3) is 0 Å². The van der Waals surface area contributed by atoms with E-state index >= 15 is 0 Å². The van der Waals surface area contributed by atoms with E-state index in [2.05, 4.69) is 15.1 Å². The highest BCUT2D eigenvalue weighted by molar-refractivity contribution is 8.00. The quantitative estimate of drug-likeness (QED) is 0.759. The molecule has 1 amide bonds. The van der Waals surface area contributed by atoms with Gasteiger partial charge in [-0.05, 0) is 37.9 Å². The molecule has 1 saturated carbocycles. The minimum absolute atomic E-state index is 0.0561. The summed E-state index contributed by atoms with van der Waals surface area (Å²) in [7, 11) is 0. The predicted molar refractivity (Wildman–Crippen MR) is 92.5 cm³/mol. The van der Waals surface area contributed by atoms with E-state index in [0.29, 0.717) is 17.5 Å². The van der Waals surface area contributed by atoms with Gasteiger partial charge in [-0.25, -0.2) is 4.98 Å². The van der Waals surface area contributed by atoms with E-state index in [9.17, 15) is 4.79 Å². The van der Waals surface area contributed by atoms with Crippen molar-refractivity contribution in [3.05, 3.63) is 22.8 Å². The number of hydrogen-bond acceptors (Lipinski definition) is 7. The van der Waals surface area contributed by atoms with Gasteiger partial charge in [0.25, 0.3) is 5.91 Å². The van der Waals surface area contributed by atoms with Crippen LogP contribution in [0.4, 0.5) is 0 Å². The van der Waals surface area contributed by atoms with Crippen molar-refractivity contribution in [2.75, 3.05) is 19.3 Å². The van der Waals surface area contributed by atoms with Crippen LogP contribution in [-0.4, -0.2) is 45.3 Å². The first kappa shape index (κ1) is 16.1. The van der Waals surface area contributed by atoms with Gasteiger partial charge in [0.05, 0.1) is 0 Å². The lowest BCUT2D eigenvalue weighted by Crippen LogP contribution is -2.39. The number of piperidine rings is 1. The van der Waals surface area contributed by atoms with Crippen LogP contribution in [0.1, 0.15) is 53.8 Å². The Labute approximate surface area is 149 Å². The Morgan fingerprint density at radius 3 is 2.79 bits per heavy atom. The topological polar surface area (TPSA) is 72.1 Å². The average Bonchev–Trinajstić information content (AvgIpc) is 3.17. The minimum Gasteiger partial charge on any atom is -0.339 e. The number of aromatic nitrogens is 3. The van der Waals surface area contributed by atoms with Gasteiger partial charge in [0.2, 0.25) is 5.89 Å². The fourth-order valence-corrected chi connectivity index (χ4v) is 4.29. The van der Waals surface area contributed by atoms with Crippen LogP contribution in [0.15, 0.2) is 14.2 Å². The third-order valence-electron chi connectivity index (χ3n) is 4.66. The van der Waals surface area contributed by atoms with Crippen LogP contribution in [0.2, 0.25) is 0 Å². The summed E-state index contributed by atoms with van der Waals surface area (Å²) in [5, 5.41) is 5.97. The van der Waals surface area contributed by atoms with E-state index in [1.807, 2.05) is 16.5 Å². The molecule has 1 aliphatic carbocycles. The van der Waals surface area contributed by atoms with Gasteiger partial charge in [0.15, 0.2) is 5.82 Å². The van der Waals surface area contributed by atoms with Crippen LogP contribution >= 0.6 is 23.1 Å². The highest BCUT2D eigenvalue weighted by atomic mass is 32.2. The Balaban J connectivity index is 1.30. The number of carbonyl (C=O) groups is 1. The first-order chi connectivity index (χ1) is 11.7. The number of hydrogen-bond donors (Lipinski definition) is 0. The molecule has 0 aromatic carbocycles. The molecule has 0 bridgehead atoms. The van der Waals surface area contributed by atoms with Crippen LogP contribution in [-0.2, 0) is 6.42 Å². The molecule has 1 saturated heterocycles. The van der Waals surface area contributed by atoms with E-state index in [-0.39, 0.29) is 5.91 Å². The molecule has 2 aromatic rings. The second kappa shape index (κ2) is 6.84. The van der Waals surface area contributed by atoms with Crippen molar-refractivity contribution in [3.8, 4) is 0 Å². The van der Waals surface area contributed by atoms with Crippen LogP contribution in [0, 0.1) is 5.92 Å². The van der Waals surface area contributed by atoms with E-state index < -0.39 is 0 Å². The normalized spacial score (nSPS) is 19.0. The number of nitrogens with zero attached hydrogens (tertiary/aromatic N) is 4. The van der Waals surface area contributed by atoms with Crippen LogP contribution in [0.5, 0.6) is 0 Å². The van der Waals surface area contributed by atoms with Crippen molar-refractivity contribution in [3.63, 3.8) is 0 Å². The molecule has 0 radical (unpaired) electrons. The molecule has 3 heterocycles. The largest absolute Gasteiger partial charge is 0.339 e. The molecule has 24 heavy (non-hydrogen) atoms. The molecule has 4 rings (SSSR count). The van der Waals surface area contributed by atoms with Crippen molar-refractivity contribution < 1.29 is 9.32 Å². The summed E-state index contributed by atoms with van der Waals surface area (Å²) in [6.45, 7) is 1.56. The third kappa shape index (κ3) is 3.49. The Kier molecular flexibility index (Phi) is 4.58. The molecule has 128 valence electrons. The summed E-state index contributed by atoms with van der Waals surface area (Å²) in [6, 6.07) is 0. The molecule has 1 aliphatic heterocycles. The van der Waals surface area contributed by atoms with Gasteiger partial charge >= 0.3 is 0 Å². The van der Waals surface area contributed by atoms with Crippen LogP contribution < -0.4 is 0 Å². The maximum Gasteiger partial charge on any atom is 0.273 e. The zero-order valence-corrected chi connectivity index (χ0v) is 15.2. The lowest BCUT2D eigenvalue weighted by Gasteiger charge is -2.31. The van der Waals surface area contributed by atoms with Gasteiger partial charge < -0.3 is 9.42 Å². The summed E-state index contributed by atoms with van der Waals surface area (Å²) < 4.78 is 6.27. The monoisotopic (exact) mass is 364 g/mol. The molecular weight excluding hydrogens is 344 g/mol.